The summed E-state index contributed by atoms with van der Waals surface area (Å²) in [5.74, 6) is -0.650. The van der Waals surface area contributed by atoms with Crippen LogP contribution in [0.3, 0.4) is 0 Å². The Bertz CT molecular complexity index is 627. The van der Waals surface area contributed by atoms with Gasteiger partial charge in [0.2, 0.25) is 0 Å². The lowest BCUT2D eigenvalue weighted by Crippen LogP contribution is -2.42. The van der Waals surface area contributed by atoms with Crippen LogP contribution in [-0.2, 0) is 34.1 Å². The van der Waals surface area contributed by atoms with Crippen molar-refractivity contribution in [2.24, 2.45) is 0 Å². The Hall–Kier alpha value is -1.73. The van der Waals surface area contributed by atoms with E-state index >= 15 is 0 Å². The minimum absolute atomic E-state index is 0.105. The third-order valence-corrected chi connectivity index (χ3v) is 5.06. The van der Waals surface area contributed by atoms with E-state index in [9.17, 15) is 14.2 Å². The molecule has 0 spiro atoms. The second kappa shape index (κ2) is 9.10. The van der Waals surface area contributed by atoms with Gasteiger partial charge in [0.25, 0.3) is 5.91 Å². The maximum absolute atomic E-state index is 12.4. The first-order chi connectivity index (χ1) is 12.0. The molecule has 9 heteroatoms. The molecule has 1 aliphatic heterocycles. The van der Waals surface area contributed by atoms with E-state index in [-0.39, 0.29) is 19.8 Å². The first kappa shape index (κ1) is 19.6. The molecule has 1 aromatic rings. The lowest BCUT2D eigenvalue weighted by Gasteiger charge is -2.21. The van der Waals surface area contributed by atoms with E-state index in [2.05, 4.69) is 0 Å². The zero-order chi connectivity index (χ0) is 18.3. The van der Waals surface area contributed by atoms with E-state index in [1.165, 1.54) is 0 Å². The van der Waals surface area contributed by atoms with E-state index in [1.54, 1.807) is 13.8 Å². The first-order valence-electron chi connectivity index (χ1n) is 8.05. The molecule has 138 valence electrons. The Morgan fingerprint density at radius 1 is 1.20 bits per heavy atom. The van der Waals surface area contributed by atoms with Crippen LogP contribution in [0.5, 0.6) is 0 Å². The molecule has 1 atom stereocenters. The number of amides is 2. The van der Waals surface area contributed by atoms with Crippen molar-refractivity contribution < 1.29 is 32.5 Å². The number of phosphoric ester groups is 1. The highest BCUT2D eigenvalue weighted by Crippen LogP contribution is 2.49. The molecule has 0 saturated carbocycles. The molecule has 1 heterocycles. The number of hydrogen-bond donors (Lipinski definition) is 0. The van der Waals surface area contributed by atoms with E-state index in [1.807, 2.05) is 30.3 Å². The van der Waals surface area contributed by atoms with E-state index < -0.39 is 32.5 Å². The van der Waals surface area contributed by atoms with Gasteiger partial charge in [-0.25, -0.2) is 14.3 Å². The predicted octanol–water partition coefficient (Wildman–Crippen LogP) is 2.77. The summed E-state index contributed by atoms with van der Waals surface area (Å²) in [4.78, 5) is 25.3. The van der Waals surface area contributed by atoms with Gasteiger partial charge in [-0.1, -0.05) is 30.3 Å². The summed E-state index contributed by atoms with van der Waals surface area (Å²) in [6, 6.07) is 9.01. The topological polar surface area (TPSA) is 91.4 Å². The maximum Gasteiger partial charge on any atom is 0.475 e. The van der Waals surface area contributed by atoms with Crippen LogP contribution in [0, 0.1) is 0 Å². The minimum Gasteiger partial charge on any atom is -0.447 e. The Morgan fingerprint density at radius 2 is 1.84 bits per heavy atom. The van der Waals surface area contributed by atoms with Crippen LogP contribution in [0.1, 0.15) is 19.4 Å². The normalized spacial score (nSPS) is 17.6. The molecule has 8 nitrogen and oxygen atoms in total. The van der Waals surface area contributed by atoms with Gasteiger partial charge in [-0.05, 0) is 25.8 Å². The average Bonchev–Trinajstić information content (AvgIpc) is 2.95. The highest BCUT2D eigenvalue weighted by atomic mass is 31.2. The fourth-order valence-corrected chi connectivity index (χ4v) is 3.56. The highest BCUT2D eigenvalue weighted by molar-refractivity contribution is 7.48. The SMILES string of the molecule is CCOP(=O)(OCC)OCC(=O)N1C(=O)OCC1Cc1ccccc1. The molecule has 0 aliphatic carbocycles. The van der Waals surface area contributed by atoms with Crippen LogP contribution in [0.15, 0.2) is 30.3 Å². The second-order valence-electron chi connectivity index (χ2n) is 5.24. The van der Waals surface area contributed by atoms with Crippen LogP contribution < -0.4 is 0 Å². The Morgan fingerprint density at radius 3 is 2.44 bits per heavy atom. The predicted molar refractivity (Wildman–Crippen MR) is 88.9 cm³/mol. The van der Waals surface area contributed by atoms with Crippen LogP contribution in [0.2, 0.25) is 0 Å². The van der Waals surface area contributed by atoms with Gasteiger partial charge in [-0.15, -0.1) is 0 Å². The van der Waals surface area contributed by atoms with Crippen molar-refractivity contribution in [1.29, 1.82) is 0 Å². The van der Waals surface area contributed by atoms with Gasteiger partial charge in [0, 0.05) is 0 Å². The van der Waals surface area contributed by atoms with Gasteiger partial charge >= 0.3 is 13.9 Å². The number of carbonyl (C=O) groups is 2. The molecule has 1 saturated heterocycles. The van der Waals surface area contributed by atoms with Crippen molar-refractivity contribution in [3.8, 4) is 0 Å². The van der Waals surface area contributed by atoms with Crippen LogP contribution >= 0.6 is 7.82 Å². The first-order valence-corrected chi connectivity index (χ1v) is 9.51. The fraction of sp³-hybridized carbons (Fsp3) is 0.500. The average molecular weight is 371 g/mol. The number of ether oxygens (including phenoxy) is 1. The van der Waals surface area contributed by atoms with Crippen molar-refractivity contribution in [2.45, 2.75) is 26.3 Å². The van der Waals surface area contributed by atoms with Crippen molar-refractivity contribution in [1.82, 2.24) is 4.90 Å². The number of cyclic esters (lactones) is 1. The molecule has 1 aliphatic rings. The maximum atomic E-state index is 12.4. The molecular formula is C16H22NO7P. The number of rotatable bonds is 9. The second-order valence-corrected chi connectivity index (χ2v) is 6.91. The monoisotopic (exact) mass is 371 g/mol. The summed E-state index contributed by atoms with van der Waals surface area (Å²) in [7, 11) is -3.82. The van der Waals surface area contributed by atoms with E-state index in [0.29, 0.717) is 6.42 Å². The summed E-state index contributed by atoms with van der Waals surface area (Å²) in [6.07, 6.45) is -0.274. The Balaban J connectivity index is 2.00. The van der Waals surface area contributed by atoms with Gasteiger partial charge in [-0.3, -0.25) is 18.4 Å². The third kappa shape index (κ3) is 5.37. The van der Waals surface area contributed by atoms with Crippen molar-refractivity contribution >= 4 is 19.8 Å². The summed E-state index contributed by atoms with van der Waals surface area (Å²) in [6.45, 7) is 2.97. The van der Waals surface area contributed by atoms with Crippen LogP contribution in [0.4, 0.5) is 4.79 Å². The summed E-state index contributed by atoms with van der Waals surface area (Å²) in [5.41, 5.74) is 0.971. The van der Waals surface area contributed by atoms with Crippen LogP contribution in [0.25, 0.3) is 0 Å². The summed E-state index contributed by atoms with van der Waals surface area (Å²) in [5, 5.41) is 0. The largest absolute Gasteiger partial charge is 0.475 e. The molecule has 0 radical (unpaired) electrons. The van der Waals surface area contributed by atoms with Crippen molar-refractivity contribution in [3.05, 3.63) is 35.9 Å². The molecule has 2 amide bonds. The van der Waals surface area contributed by atoms with Gasteiger partial charge < -0.3 is 4.74 Å². The standard InChI is InChI=1S/C16H22NO7P/c1-3-22-25(20,23-4-2)24-12-15(18)17-14(11-21-16(17)19)10-13-8-6-5-7-9-13/h5-9,14H,3-4,10-12H2,1-2H3. The van der Waals surface area contributed by atoms with Gasteiger partial charge in [0.1, 0.15) is 13.2 Å². The fourth-order valence-electron chi connectivity index (χ4n) is 2.43. The molecule has 25 heavy (non-hydrogen) atoms. The van der Waals surface area contributed by atoms with Gasteiger partial charge in [-0.2, -0.15) is 0 Å². The molecule has 0 bridgehead atoms. The number of carbonyl (C=O) groups excluding carboxylic acids is 2. The van der Waals surface area contributed by atoms with Gasteiger partial charge in [0.05, 0.1) is 19.3 Å². The lowest BCUT2D eigenvalue weighted by atomic mass is 10.1. The van der Waals surface area contributed by atoms with Crippen molar-refractivity contribution in [3.63, 3.8) is 0 Å². The molecule has 1 fully saturated rings. The van der Waals surface area contributed by atoms with Gasteiger partial charge in [0.15, 0.2) is 0 Å². The zero-order valence-electron chi connectivity index (χ0n) is 14.3. The molecule has 2 rings (SSSR count). The summed E-state index contributed by atoms with van der Waals surface area (Å²) < 4.78 is 32.2. The van der Waals surface area contributed by atoms with E-state index in [0.717, 1.165) is 10.5 Å². The zero-order valence-corrected chi connectivity index (χ0v) is 15.1. The number of phosphoric acid groups is 1. The minimum atomic E-state index is -3.82. The smallest absolute Gasteiger partial charge is 0.447 e. The molecule has 1 aromatic carbocycles. The molecule has 0 aromatic heterocycles. The number of hydrogen-bond acceptors (Lipinski definition) is 7. The number of nitrogens with zero attached hydrogens (tertiary/aromatic N) is 1. The van der Waals surface area contributed by atoms with Crippen molar-refractivity contribution in [2.75, 3.05) is 26.4 Å². The summed E-state index contributed by atoms with van der Waals surface area (Å²) >= 11 is 0. The van der Waals surface area contributed by atoms with Crippen LogP contribution in [-0.4, -0.2) is 49.4 Å². The quantitative estimate of drug-likeness (QED) is 0.616. The number of imide groups is 1. The lowest BCUT2D eigenvalue weighted by molar-refractivity contribution is -0.132. The Kier molecular flexibility index (Phi) is 7.13. The number of benzene rings is 1. The molecular weight excluding hydrogens is 349 g/mol. The Labute approximate surface area is 146 Å². The van der Waals surface area contributed by atoms with E-state index in [4.69, 9.17) is 18.3 Å². The third-order valence-electron chi connectivity index (χ3n) is 3.46. The molecule has 1 unspecified atom stereocenters. The highest BCUT2D eigenvalue weighted by Gasteiger charge is 2.39. The molecule has 0 N–H and O–H groups in total.